The number of ether oxygens (including phenoxy) is 4. The molecule has 5 N–H and O–H groups in total. The molecule has 1 fully saturated rings. The molecule has 0 aromatic heterocycles. The van der Waals surface area contributed by atoms with Gasteiger partial charge in [0.2, 0.25) is 12.0 Å². The average Bonchev–Trinajstić information content (AvgIpc) is 3.33. The molecule has 2 aliphatic carbocycles. The number of carbonyl (C=O) groups is 5. The second-order valence-electron chi connectivity index (χ2n) is 11.9. The van der Waals surface area contributed by atoms with Crippen LogP contribution in [-0.4, -0.2) is 111 Å². The largest absolute Gasteiger partial charge is 0.504 e. The van der Waals surface area contributed by atoms with Crippen molar-refractivity contribution in [2.45, 2.75) is 87.4 Å². The second-order valence-corrected chi connectivity index (χ2v) is 11.9. The Balaban J connectivity index is 1.35. The number of hydrogen-bond acceptors (Lipinski definition) is 13. The van der Waals surface area contributed by atoms with Crippen molar-refractivity contribution in [3.63, 3.8) is 0 Å². The summed E-state index contributed by atoms with van der Waals surface area (Å²) in [7, 11) is 1.93. The number of carboxylic acid groups (broad SMARTS) is 1. The molecule has 1 amide bonds. The van der Waals surface area contributed by atoms with E-state index < -0.39 is 78.1 Å². The summed E-state index contributed by atoms with van der Waals surface area (Å²) in [6, 6.07) is 3.06. The molecule has 1 spiro atoms. The van der Waals surface area contributed by atoms with Crippen LogP contribution >= 0.6 is 0 Å². The summed E-state index contributed by atoms with van der Waals surface area (Å²) < 4.78 is 21.9. The Bertz CT molecular complexity index is 1460. The van der Waals surface area contributed by atoms with Crippen LogP contribution in [0.15, 0.2) is 24.0 Å². The quantitative estimate of drug-likeness (QED) is 0.152. The number of aliphatic carboxylic acids is 1. The van der Waals surface area contributed by atoms with E-state index in [4.69, 9.17) is 24.1 Å². The maximum absolute atomic E-state index is 13.3. The summed E-state index contributed by atoms with van der Waals surface area (Å²) in [4.78, 5) is 63.4. The van der Waals surface area contributed by atoms with Gasteiger partial charge in [-0.3, -0.25) is 14.4 Å². The number of phenolic OH excluding ortho intramolecular Hbond substituents is 1. The molecule has 2 bridgehead atoms. The van der Waals surface area contributed by atoms with Crippen LogP contribution in [-0.2, 0) is 50.0 Å². The predicted molar refractivity (Wildman–Crippen MR) is 150 cm³/mol. The number of aliphatic hydroxyl groups is 2. The van der Waals surface area contributed by atoms with Gasteiger partial charge in [0.1, 0.15) is 11.9 Å². The number of carbonyl (C=O) groups excluding carboxylic acids is 4. The molecule has 3 unspecified atom stereocenters. The van der Waals surface area contributed by atoms with E-state index >= 15 is 0 Å². The first-order chi connectivity index (χ1) is 21.2. The van der Waals surface area contributed by atoms with Crippen molar-refractivity contribution in [3.05, 3.63) is 35.1 Å². The molecule has 1 aromatic rings. The van der Waals surface area contributed by atoms with Crippen LogP contribution in [0.4, 0.5) is 0 Å². The number of aromatic hydroxyl groups is 1. The molecule has 1 saturated heterocycles. The first-order valence-corrected chi connectivity index (χ1v) is 14.6. The lowest BCUT2D eigenvalue weighted by molar-refractivity contribution is -0.179. The van der Waals surface area contributed by atoms with E-state index in [1.165, 1.54) is 19.1 Å². The van der Waals surface area contributed by atoms with E-state index in [-0.39, 0.29) is 36.3 Å². The van der Waals surface area contributed by atoms with Crippen molar-refractivity contribution in [1.82, 2.24) is 10.2 Å². The Morgan fingerprint density at radius 2 is 1.89 bits per heavy atom. The zero-order valence-corrected chi connectivity index (χ0v) is 25.0. The lowest BCUT2D eigenvalue weighted by atomic mass is 9.50. The number of likely N-dealkylation sites (N-methyl/N-ethyl adjacent to an activating group) is 1. The van der Waals surface area contributed by atoms with Gasteiger partial charge in [0.15, 0.2) is 23.7 Å². The molecule has 2 aliphatic heterocycles. The minimum atomic E-state index is -1.89. The molecule has 15 heteroatoms. The first kappa shape index (κ1) is 32.2. The standard InChI is InChI=1S/C30H36N2O13/c1-14(33)26(37)31-10-7-21(35)44-19(28(40)42-15(2)27(38)39)13-22(36)43-18-6-8-30(41)20-12-16-4-5-17(34)24-23(16)29(30,25(18)45-24)9-11-32(20)3/h4-6,14-15,19-20,25,33-34,41H,7-13H2,1-3H3,(H,31,37)(H,38,39)/t14?,15?,19?,20-,25+,29+,30-/m1/s1. The molecule has 2 heterocycles. The molecule has 4 aliphatic rings. The molecule has 15 nitrogen and oxygen atoms in total. The number of amides is 1. The summed E-state index contributed by atoms with van der Waals surface area (Å²) in [5.41, 5.74) is -0.744. The number of nitrogens with one attached hydrogen (secondary N) is 1. The molecule has 45 heavy (non-hydrogen) atoms. The number of esters is 3. The first-order valence-electron chi connectivity index (χ1n) is 14.6. The fourth-order valence-electron chi connectivity index (χ4n) is 6.89. The number of rotatable bonds is 11. The third-order valence-corrected chi connectivity index (χ3v) is 9.12. The van der Waals surface area contributed by atoms with Crippen LogP contribution < -0.4 is 10.1 Å². The number of carboxylic acids is 1. The van der Waals surface area contributed by atoms with Crippen molar-refractivity contribution in [2.75, 3.05) is 20.1 Å². The number of aliphatic hydroxyl groups excluding tert-OH is 1. The van der Waals surface area contributed by atoms with Crippen molar-refractivity contribution >= 4 is 29.8 Å². The number of nitrogens with zero attached hydrogens (tertiary/aromatic N) is 1. The van der Waals surface area contributed by atoms with Crippen molar-refractivity contribution in [2.24, 2.45) is 0 Å². The minimum Gasteiger partial charge on any atom is -0.504 e. The Kier molecular flexibility index (Phi) is 8.55. The predicted octanol–water partition coefficient (Wildman–Crippen LogP) is -0.582. The molecular formula is C30H36N2O13. The minimum absolute atomic E-state index is 0.0506. The van der Waals surface area contributed by atoms with Crippen molar-refractivity contribution < 1.29 is 63.3 Å². The maximum atomic E-state index is 13.3. The fourth-order valence-corrected chi connectivity index (χ4v) is 6.89. The highest BCUT2D eigenvalue weighted by Crippen LogP contribution is 2.65. The van der Waals surface area contributed by atoms with E-state index in [1.807, 2.05) is 7.05 Å². The van der Waals surface area contributed by atoms with Gasteiger partial charge in [-0.2, -0.15) is 0 Å². The summed E-state index contributed by atoms with van der Waals surface area (Å²) >= 11 is 0. The number of piperidine rings is 1. The highest BCUT2D eigenvalue weighted by molar-refractivity contribution is 5.87. The van der Waals surface area contributed by atoms with Gasteiger partial charge in [0, 0.05) is 24.6 Å². The van der Waals surface area contributed by atoms with Gasteiger partial charge in [-0.05, 0) is 58.0 Å². The zero-order valence-electron chi connectivity index (χ0n) is 25.0. The topological polar surface area (TPSA) is 218 Å². The number of hydrogen-bond donors (Lipinski definition) is 5. The van der Waals surface area contributed by atoms with Crippen LogP contribution in [0.3, 0.4) is 0 Å². The number of likely N-dealkylation sites (tertiary alicyclic amines) is 1. The molecule has 244 valence electrons. The second kappa shape index (κ2) is 11.9. The van der Waals surface area contributed by atoms with E-state index in [0.29, 0.717) is 24.9 Å². The van der Waals surface area contributed by atoms with Gasteiger partial charge in [-0.25, -0.2) is 9.59 Å². The monoisotopic (exact) mass is 632 g/mol. The Labute approximate surface area is 257 Å². The van der Waals surface area contributed by atoms with Gasteiger partial charge in [0.05, 0.1) is 23.9 Å². The SMILES string of the molecule is CC(O)C(=O)NCCC(=O)OC(CC(=O)OC1=CC[C@@]2(O)[C@H]3Cc4ccc(O)c5c4[C@@]2(CCN3C)[C@H]1O5)C(=O)OC(C)C(=O)O. The molecule has 1 aromatic carbocycles. The maximum Gasteiger partial charge on any atom is 0.348 e. The van der Waals surface area contributed by atoms with Gasteiger partial charge in [-0.15, -0.1) is 0 Å². The highest BCUT2D eigenvalue weighted by atomic mass is 16.6. The summed E-state index contributed by atoms with van der Waals surface area (Å²) in [6.45, 7) is 2.66. The van der Waals surface area contributed by atoms with Gasteiger partial charge in [-0.1, -0.05) is 6.07 Å². The fraction of sp³-hybridized carbons (Fsp3) is 0.567. The van der Waals surface area contributed by atoms with Crippen molar-refractivity contribution in [3.8, 4) is 11.5 Å². The van der Waals surface area contributed by atoms with E-state index in [2.05, 4.69) is 10.2 Å². The summed E-state index contributed by atoms with van der Waals surface area (Å²) in [5.74, 6) is -5.42. The lowest BCUT2D eigenvalue weighted by Gasteiger charge is -2.61. The summed E-state index contributed by atoms with van der Waals surface area (Å²) in [6.07, 6.45) is -4.50. The molecule has 7 atom stereocenters. The van der Waals surface area contributed by atoms with Gasteiger partial charge >= 0.3 is 23.9 Å². The third-order valence-electron chi connectivity index (χ3n) is 9.12. The Morgan fingerprint density at radius 1 is 1.16 bits per heavy atom. The van der Waals surface area contributed by atoms with Crippen LogP contribution in [0.1, 0.15) is 50.7 Å². The third kappa shape index (κ3) is 5.48. The van der Waals surface area contributed by atoms with Crippen LogP contribution in [0.25, 0.3) is 0 Å². The Hall–Kier alpha value is -4.21. The van der Waals surface area contributed by atoms with E-state index in [0.717, 1.165) is 12.5 Å². The van der Waals surface area contributed by atoms with Crippen LogP contribution in [0.2, 0.25) is 0 Å². The zero-order chi connectivity index (χ0) is 32.8. The van der Waals surface area contributed by atoms with Crippen LogP contribution in [0.5, 0.6) is 11.5 Å². The van der Waals surface area contributed by atoms with E-state index in [1.54, 1.807) is 6.07 Å². The number of phenols is 1. The van der Waals surface area contributed by atoms with Gasteiger partial charge < -0.3 is 49.6 Å². The normalized spacial score (nSPS) is 27.9. The number of benzene rings is 1. The average molecular weight is 633 g/mol. The molecule has 0 radical (unpaired) electrons. The van der Waals surface area contributed by atoms with E-state index in [9.17, 15) is 39.3 Å². The molecular weight excluding hydrogens is 596 g/mol. The Morgan fingerprint density at radius 3 is 2.58 bits per heavy atom. The highest BCUT2D eigenvalue weighted by Gasteiger charge is 2.72. The molecule has 0 saturated carbocycles. The summed E-state index contributed by atoms with van der Waals surface area (Å²) in [5, 5.41) is 43.6. The van der Waals surface area contributed by atoms with Crippen molar-refractivity contribution in [1.29, 1.82) is 0 Å². The smallest absolute Gasteiger partial charge is 0.348 e. The molecule has 5 rings (SSSR count). The van der Waals surface area contributed by atoms with Gasteiger partial charge in [0.25, 0.3) is 0 Å². The van der Waals surface area contributed by atoms with Crippen LogP contribution in [0, 0.1) is 0 Å². The lowest BCUT2D eigenvalue weighted by Crippen LogP contribution is -2.74.